The average Bonchev–Trinajstić information content (AvgIpc) is 3.27. The number of methoxy groups -OCH3 is 1. The number of benzene rings is 1. The average molecular weight is 323 g/mol. The van der Waals surface area contributed by atoms with Crippen molar-refractivity contribution in [2.24, 2.45) is 0 Å². The maximum Gasteiger partial charge on any atom is 0.139 e. The van der Waals surface area contributed by atoms with Gasteiger partial charge in [-0.15, -0.1) is 0 Å². The van der Waals surface area contributed by atoms with E-state index in [4.69, 9.17) is 14.5 Å². The minimum absolute atomic E-state index is 0.281. The van der Waals surface area contributed by atoms with Crippen LogP contribution in [0.2, 0.25) is 0 Å². The second-order valence-electron chi connectivity index (χ2n) is 5.98. The van der Waals surface area contributed by atoms with Gasteiger partial charge in [-0.2, -0.15) is 0 Å². The lowest BCUT2D eigenvalue weighted by molar-refractivity contribution is 0.120. The fourth-order valence-corrected chi connectivity index (χ4v) is 3.13. The van der Waals surface area contributed by atoms with Crippen molar-refractivity contribution in [3.8, 4) is 17.0 Å². The molecule has 0 unspecified atom stereocenters. The van der Waals surface area contributed by atoms with Crippen LogP contribution in [0.4, 0.5) is 5.82 Å². The van der Waals surface area contributed by atoms with Gasteiger partial charge in [0.15, 0.2) is 0 Å². The summed E-state index contributed by atoms with van der Waals surface area (Å²) in [5.74, 6) is 1.85. The van der Waals surface area contributed by atoms with Gasteiger partial charge < -0.3 is 14.8 Å². The minimum atomic E-state index is 0.281. The molecule has 0 bridgehead atoms. The summed E-state index contributed by atoms with van der Waals surface area (Å²) in [6, 6.07) is 14.0. The molecular weight excluding hydrogens is 302 g/mol. The van der Waals surface area contributed by atoms with Crippen LogP contribution >= 0.6 is 0 Å². The molecular formula is C19H21N3O2. The molecule has 1 aliphatic heterocycles. The van der Waals surface area contributed by atoms with E-state index in [1.165, 1.54) is 0 Å². The summed E-state index contributed by atoms with van der Waals surface area (Å²) in [6.07, 6.45) is 4.57. The largest absolute Gasteiger partial charge is 0.497 e. The SMILES string of the molecule is COc1ccc(-c2nc3ccccn3c2NC[C@H]2CCCO2)cc1. The summed E-state index contributed by atoms with van der Waals surface area (Å²) in [6.45, 7) is 1.66. The molecule has 0 amide bonds. The lowest BCUT2D eigenvalue weighted by atomic mass is 10.1. The van der Waals surface area contributed by atoms with Crippen LogP contribution in [0.25, 0.3) is 16.9 Å². The number of fused-ring (bicyclic) bond motifs is 1. The van der Waals surface area contributed by atoms with E-state index in [0.29, 0.717) is 0 Å². The summed E-state index contributed by atoms with van der Waals surface area (Å²) in [5, 5.41) is 3.55. The summed E-state index contributed by atoms with van der Waals surface area (Å²) >= 11 is 0. The number of anilines is 1. The number of pyridine rings is 1. The lowest BCUT2D eigenvalue weighted by Gasteiger charge is -2.13. The Kier molecular flexibility index (Phi) is 4.09. The number of imidazole rings is 1. The standard InChI is InChI=1S/C19H21N3O2/c1-23-15-9-7-14(8-10-15)18-19(20-13-16-5-4-12-24-16)22-11-3-2-6-17(22)21-18/h2-3,6-11,16,20H,4-5,12-13H2,1H3/t16-/m1/s1. The van der Waals surface area contributed by atoms with Gasteiger partial charge in [0, 0.05) is 24.9 Å². The lowest BCUT2D eigenvalue weighted by Crippen LogP contribution is -2.19. The third-order valence-corrected chi connectivity index (χ3v) is 4.41. The first-order chi connectivity index (χ1) is 11.8. The molecule has 124 valence electrons. The molecule has 1 atom stereocenters. The first kappa shape index (κ1) is 15.0. The number of hydrogen-bond acceptors (Lipinski definition) is 4. The van der Waals surface area contributed by atoms with Gasteiger partial charge in [-0.05, 0) is 49.2 Å². The van der Waals surface area contributed by atoms with Crippen molar-refractivity contribution in [2.45, 2.75) is 18.9 Å². The Bertz CT molecular complexity index is 820. The zero-order valence-corrected chi connectivity index (χ0v) is 13.7. The van der Waals surface area contributed by atoms with Crippen LogP contribution in [0.1, 0.15) is 12.8 Å². The number of ether oxygens (including phenoxy) is 2. The highest BCUT2D eigenvalue weighted by Gasteiger charge is 2.18. The summed E-state index contributed by atoms with van der Waals surface area (Å²) in [5.41, 5.74) is 2.94. The maximum atomic E-state index is 5.73. The third kappa shape index (κ3) is 2.83. The highest BCUT2D eigenvalue weighted by atomic mass is 16.5. The van der Waals surface area contributed by atoms with Crippen LogP contribution in [-0.4, -0.2) is 35.8 Å². The van der Waals surface area contributed by atoms with Crippen molar-refractivity contribution in [2.75, 3.05) is 25.6 Å². The first-order valence-corrected chi connectivity index (χ1v) is 8.32. The van der Waals surface area contributed by atoms with Gasteiger partial charge in [0.2, 0.25) is 0 Å². The Morgan fingerprint density at radius 1 is 1.25 bits per heavy atom. The quantitative estimate of drug-likeness (QED) is 0.779. The first-order valence-electron chi connectivity index (χ1n) is 8.32. The molecule has 3 heterocycles. The van der Waals surface area contributed by atoms with Crippen LogP contribution in [0.5, 0.6) is 5.75 Å². The molecule has 24 heavy (non-hydrogen) atoms. The van der Waals surface area contributed by atoms with Gasteiger partial charge in [0.25, 0.3) is 0 Å². The molecule has 0 radical (unpaired) electrons. The summed E-state index contributed by atoms with van der Waals surface area (Å²) in [4.78, 5) is 4.80. The van der Waals surface area contributed by atoms with E-state index in [2.05, 4.69) is 9.72 Å². The number of aromatic nitrogens is 2. The van der Waals surface area contributed by atoms with E-state index in [9.17, 15) is 0 Å². The topological polar surface area (TPSA) is 47.8 Å². The molecule has 1 aliphatic rings. The number of rotatable bonds is 5. The number of nitrogens with zero attached hydrogens (tertiary/aromatic N) is 2. The van der Waals surface area contributed by atoms with Gasteiger partial charge >= 0.3 is 0 Å². The Morgan fingerprint density at radius 3 is 2.88 bits per heavy atom. The van der Waals surface area contributed by atoms with Crippen molar-refractivity contribution in [3.63, 3.8) is 0 Å². The molecule has 0 saturated carbocycles. The molecule has 4 rings (SSSR count). The van der Waals surface area contributed by atoms with Crippen molar-refractivity contribution < 1.29 is 9.47 Å². The normalized spacial score (nSPS) is 17.3. The monoisotopic (exact) mass is 323 g/mol. The van der Waals surface area contributed by atoms with Gasteiger partial charge in [-0.1, -0.05) is 6.07 Å². The number of hydrogen-bond donors (Lipinski definition) is 1. The third-order valence-electron chi connectivity index (χ3n) is 4.41. The summed E-state index contributed by atoms with van der Waals surface area (Å²) < 4.78 is 13.1. The zero-order chi connectivity index (χ0) is 16.4. The van der Waals surface area contributed by atoms with Gasteiger partial charge in [0.1, 0.15) is 22.9 Å². The van der Waals surface area contributed by atoms with Gasteiger partial charge in [-0.25, -0.2) is 4.98 Å². The van der Waals surface area contributed by atoms with Crippen molar-refractivity contribution in [3.05, 3.63) is 48.7 Å². The van der Waals surface area contributed by atoms with E-state index in [-0.39, 0.29) is 6.10 Å². The molecule has 5 nitrogen and oxygen atoms in total. The minimum Gasteiger partial charge on any atom is -0.497 e. The second kappa shape index (κ2) is 6.53. The Morgan fingerprint density at radius 2 is 2.12 bits per heavy atom. The molecule has 0 aliphatic carbocycles. The van der Waals surface area contributed by atoms with E-state index < -0.39 is 0 Å². The van der Waals surface area contributed by atoms with Crippen LogP contribution in [0.15, 0.2) is 48.7 Å². The highest BCUT2D eigenvalue weighted by molar-refractivity contribution is 5.76. The van der Waals surface area contributed by atoms with Gasteiger partial charge in [0.05, 0.1) is 13.2 Å². The molecule has 5 heteroatoms. The predicted molar refractivity (Wildman–Crippen MR) is 94.6 cm³/mol. The highest BCUT2D eigenvalue weighted by Crippen LogP contribution is 2.30. The van der Waals surface area contributed by atoms with Gasteiger partial charge in [-0.3, -0.25) is 4.40 Å². The van der Waals surface area contributed by atoms with E-state index in [0.717, 1.165) is 54.5 Å². The Hall–Kier alpha value is -2.53. The smallest absolute Gasteiger partial charge is 0.139 e. The van der Waals surface area contributed by atoms with E-state index >= 15 is 0 Å². The predicted octanol–water partition coefficient (Wildman–Crippen LogP) is 3.60. The fourth-order valence-electron chi connectivity index (χ4n) is 3.13. The molecule has 1 N–H and O–H groups in total. The van der Waals surface area contributed by atoms with Crippen LogP contribution in [0.3, 0.4) is 0 Å². The van der Waals surface area contributed by atoms with Crippen LogP contribution < -0.4 is 10.1 Å². The Labute approximate surface area is 141 Å². The Balaban J connectivity index is 1.70. The van der Waals surface area contributed by atoms with Crippen molar-refractivity contribution in [1.29, 1.82) is 0 Å². The van der Waals surface area contributed by atoms with Crippen molar-refractivity contribution >= 4 is 11.5 Å². The maximum absolute atomic E-state index is 5.73. The molecule has 2 aromatic heterocycles. The molecule has 3 aromatic rings. The summed E-state index contributed by atoms with van der Waals surface area (Å²) in [7, 11) is 1.68. The van der Waals surface area contributed by atoms with Crippen LogP contribution in [0, 0.1) is 0 Å². The van der Waals surface area contributed by atoms with Crippen LogP contribution in [-0.2, 0) is 4.74 Å². The van der Waals surface area contributed by atoms with E-state index in [1.54, 1.807) is 7.11 Å². The second-order valence-corrected chi connectivity index (χ2v) is 5.98. The molecule has 1 aromatic carbocycles. The molecule has 0 spiro atoms. The molecule has 1 saturated heterocycles. The van der Waals surface area contributed by atoms with Crippen molar-refractivity contribution in [1.82, 2.24) is 9.38 Å². The molecule has 1 fully saturated rings. The zero-order valence-electron chi connectivity index (χ0n) is 13.7. The van der Waals surface area contributed by atoms with E-state index in [1.807, 2.05) is 48.7 Å². The fraction of sp³-hybridized carbons (Fsp3) is 0.316. The number of nitrogens with one attached hydrogen (secondary N) is 1.